The summed E-state index contributed by atoms with van der Waals surface area (Å²) >= 11 is -1.25. The molecule has 5 heteroatoms. The summed E-state index contributed by atoms with van der Waals surface area (Å²) in [4.78, 5) is 3.82. The van der Waals surface area contributed by atoms with E-state index < -0.39 is 11.4 Å². The standard InChI is InChI=1S/C8H12N2O2S/c1-8(2,3)13(11)10-6-7-9-4-5-12-7/h4-6H,1-3H3/b10-6+/t13-/m1/s1. The van der Waals surface area contributed by atoms with Crippen molar-refractivity contribution in [3.05, 3.63) is 18.4 Å². The lowest BCUT2D eigenvalue weighted by Crippen LogP contribution is -2.25. The molecule has 1 heterocycles. The first-order valence-electron chi connectivity index (χ1n) is 3.86. The van der Waals surface area contributed by atoms with Crippen molar-refractivity contribution in [2.75, 3.05) is 0 Å². The highest BCUT2D eigenvalue weighted by Crippen LogP contribution is 2.16. The molecule has 1 rings (SSSR count). The van der Waals surface area contributed by atoms with E-state index in [0.717, 1.165) is 0 Å². The maximum atomic E-state index is 11.4. The molecule has 0 fully saturated rings. The monoisotopic (exact) mass is 200 g/mol. The highest BCUT2D eigenvalue weighted by Gasteiger charge is 2.25. The summed E-state index contributed by atoms with van der Waals surface area (Å²) in [7, 11) is 0. The normalized spacial score (nSPS) is 15.1. The number of nitrogens with zero attached hydrogens (tertiary/aromatic N) is 2. The lowest BCUT2D eigenvalue weighted by atomic mass is 10.3. The molecule has 0 aliphatic heterocycles. The summed E-state index contributed by atoms with van der Waals surface area (Å²) < 4.78 is 19.8. The molecule has 0 saturated carbocycles. The van der Waals surface area contributed by atoms with Crippen LogP contribution >= 0.6 is 0 Å². The van der Waals surface area contributed by atoms with Gasteiger partial charge in [0.15, 0.2) is 0 Å². The lowest BCUT2D eigenvalue weighted by molar-refractivity contribution is 0.548. The van der Waals surface area contributed by atoms with Crippen LogP contribution in [0.4, 0.5) is 0 Å². The largest absolute Gasteiger partial charge is 0.591 e. The highest BCUT2D eigenvalue weighted by molar-refractivity contribution is 7.91. The highest BCUT2D eigenvalue weighted by atomic mass is 32.2. The molecule has 0 radical (unpaired) electrons. The second-order valence-corrected chi connectivity index (χ2v) is 5.40. The van der Waals surface area contributed by atoms with Crippen LogP contribution in [0, 0.1) is 0 Å². The Morgan fingerprint density at radius 3 is 2.77 bits per heavy atom. The van der Waals surface area contributed by atoms with E-state index in [1.807, 2.05) is 20.8 Å². The summed E-state index contributed by atoms with van der Waals surface area (Å²) in [5, 5.41) is 0. The van der Waals surface area contributed by atoms with Crippen molar-refractivity contribution in [3.63, 3.8) is 0 Å². The van der Waals surface area contributed by atoms with Crippen LogP contribution in [-0.4, -0.2) is 20.5 Å². The molecule has 0 spiro atoms. The van der Waals surface area contributed by atoms with Gasteiger partial charge in [-0.05, 0) is 20.8 Å². The molecule has 0 bridgehead atoms. The van der Waals surface area contributed by atoms with Crippen LogP contribution in [0.15, 0.2) is 21.3 Å². The van der Waals surface area contributed by atoms with Crippen LogP contribution in [0.25, 0.3) is 0 Å². The fraction of sp³-hybridized carbons (Fsp3) is 0.500. The van der Waals surface area contributed by atoms with Gasteiger partial charge in [0.05, 0.1) is 6.20 Å². The minimum Gasteiger partial charge on any atom is -0.591 e. The third-order valence-corrected chi connectivity index (χ3v) is 2.58. The molecule has 0 amide bonds. The Morgan fingerprint density at radius 2 is 2.31 bits per heavy atom. The Hall–Kier alpha value is -0.810. The third kappa shape index (κ3) is 3.20. The van der Waals surface area contributed by atoms with Crippen molar-refractivity contribution in [2.24, 2.45) is 4.40 Å². The van der Waals surface area contributed by atoms with Crippen molar-refractivity contribution >= 4 is 17.6 Å². The smallest absolute Gasteiger partial charge is 0.241 e. The first-order chi connectivity index (χ1) is 6.00. The summed E-state index contributed by atoms with van der Waals surface area (Å²) in [6.45, 7) is 5.57. The maximum absolute atomic E-state index is 11.4. The zero-order valence-electron chi connectivity index (χ0n) is 7.85. The summed E-state index contributed by atoms with van der Waals surface area (Å²) in [6.07, 6.45) is 4.34. The first-order valence-corrected chi connectivity index (χ1v) is 4.96. The molecule has 0 unspecified atom stereocenters. The van der Waals surface area contributed by atoms with Gasteiger partial charge in [0.1, 0.15) is 28.6 Å². The third-order valence-electron chi connectivity index (χ3n) is 1.23. The van der Waals surface area contributed by atoms with E-state index in [-0.39, 0.29) is 4.75 Å². The Morgan fingerprint density at radius 1 is 1.62 bits per heavy atom. The average molecular weight is 200 g/mol. The fourth-order valence-corrected chi connectivity index (χ4v) is 1.05. The summed E-state index contributed by atoms with van der Waals surface area (Å²) in [5.74, 6) is 0.373. The lowest BCUT2D eigenvalue weighted by Gasteiger charge is -2.17. The molecule has 1 atom stereocenters. The number of rotatable bonds is 2. The van der Waals surface area contributed by atoms with Crippen molar-refractivity contribution in [1.29, 1.82) is 0 Å². The topological polar surface area (TPSA) is 61.5 Å². The predicted octanol–water partition coefficient (Wildman–Crippen LogP) is 1.56. The van der Waals surface area contributed by atoms with Gasteiger partial charge in [-0.1, -0.05) is 4.40 Å². The van der Waals surface area contributed by atoms with Gasteiger partial charge in [-0.25, -0.2) is 4.98 Å². The Bertz CT molecular complexity index is 277. The molecule has 0 aliphatic carbocycles. The molecule has 72 valence electrons. The van der Waals surface area contributed by atoms with Gasteiger partial charge in [0.25, 0.3) is 0 Å². The maximum Gasteiger partial charge on any atom is 0.241 e. The Kier molecular flexibility index (Phi) is 3.11. The van der Waals surface area contributed by atoms with E-state index in [4.69, 9.17) is 4.42 Å². The van der Waals surface area contributed by atoms with Crippen LogP contribution in [0.5, 0.6) is 0 Å². The molecule has 4 nitrogen and oxygen atoms in total. The molecule has 1 aromatic rings. The minimum atomic E-state index is -1.25. The minimum absolute atomic E-state index is 0.344. The zero-order valence-corrected chi connectivity index (χ0v) is 8.67. The van der Waals surface area contributed by atoms with Crippen molar-refractivity contribution in [1.82, 2.24) is 4.98 Å². The Labute approximate surface area is 80.4 Å². The van der Waals surface area contributed by atoms with Crippen LogP contribution in [0.1, 0.15) is 26.7 Å². The van der Waals surface area contributed by atoms with Gasteiger partial charge >= 0.3 is 0 Å². The van der Waals surface area contributed by atoms with Crippen LogP contribution in [-0.2, 0) is 11.4 Å². The quantitative estimate of drug-likeness (QED) is 0.537. The van der Waals surface area contributed by atoms with E-state index in [0.29, 0.717) is 5.89 Å². The fourth-order valence-electron chi connectivity index (χ4n) is 0.549. The van der Waals surface area contributed by atoms with E-state index >= 15 is 0 Å². The van der Waals surface area contributed by atoms with Crippen LogP contribution < -0.4 is 0 Å². The van der Waals surface area contributed by atoms with Crippen molar-refractivity contribution in [3.8, 4) is 0 Å². The SMILES string of the molecule is CC(C)(C)[S@@+]([O-])/N=C/c1ncco1. The molecule has 0 aliphatic rings. The van der Waals surface area contributed by atoms with Crippen LogP contribution in [0.3, 0.4) is 0 Å². The Balaban J connectivity index is 2.59. The summed E-state index contributed by atoms with van der Waals surface area (Å²) in [6, 6.07) is 0. The van der Waals surface area contributed by atoms with Gasteiger partial charge in [-0.2, -0.15) is 0 Å². The molecular formula is C8H12N2O2S. The average Bonchev–Trinajstić information content (AvgIpc) is 2.50. The van der Waals surface area contributed by atoms with Gasteiger partial charge in [0, 0.05) is 0 Å². The first kappa shape index (κ1) is 10.3. The summed E-state index contributed by atoms with van der Waals surface area (Å²) in [5.41, 5.74) is 0. The number of aromatic nitrogens is 1. The van der Waals surface area contributed by atoms with Crippen molar-refractivity contribution < 1.29 is 8.97 Å². The molecule has 13 heavy (non-hydrogen) atoms. The zero-order chi connectivity index (χ0) is 9.90. The number of hydrogen-bond donors (Lipinski definition) is 0. The molecular weight excluding hydrogens is 188 g/mol. The second kappa shape index (κ2) is 3.93. The number of hydrogen-bond acceptors (Lipinski definition) is 4. The predicted molar refractivity (Wildman–Crippen MR) is 52.0 cm³/mol. The van der Waals surface area contributed by atoms with E-state index in [2.05, 4.69) is 9.38 Å². The van der Waals surface area contributed by atoms with E-state index in [1.54, 1.807) is 0 Å². The van der Waals surface area contributed by atoms with Gasteiger partial charge < -0.3 is 8.97 Å². The van der Waals surface area contributed by atoms with Crippen molar-refractivity contribution in [2.45, 2.75) is 25.5 Å². The second-order valence-electron chi connectivity index (χ2n) is 3.47. The molecule has 0 aromatic carbocycles. The molecule has 0 saturated heterocycles. The van der Waals surface area contributed by atoms with Gasteiger partial charge in [0.2, 0.25) is 5.89 Å². The number of oxazole rings is 1. The van der Waals surface area contributed by atoms with E-state index in [9.17, 15) is 4.55 Å². The van der Waals surface area contributed by atoms with Crippen LogP contribution in [0.2, 0.25) is 0 Å². The molecule has 1 aromatic heterocycles. The van der Waals surface area contributed by atoms with Gasteiger partial charge in [-0.3, -0.25) is 0 Å². The van der Waals surface area contributed by atoms with E-state index in [1.165, 1.54) is 18.7 Å². The molecule has 0 N–H and O–H groups in total. The van der Waals surface area contributed by atoms with Gasteiger partial charge in [-0.15, -0.1) is 0 Å².